The molecule has 4 aromatic rings. The van der Waals surface area contributed by atoms with Gasteiger partial charge in [-0.1, -0.05) is 72.8 Å². The van der Waals surface area contributed by atoms with Gasteiger partial charge in [0.05, 0.1) is 22.8 Å². The van der Waals surface area contributed by atoms with E-state index in [0.717, 1.165) is 6.26 Å². The van der Waals surface area contributed by atoms with E-state index in [-0.39, 0.29) is 16.4 Å². The van der Waals surface area contributed by atoms with Gasteiger partial charge in [-0.2, -0.15) is 0 Å². The average Bonchev–Trinajstić information content (AvgIpc) is 2.87. The molecular formula is C26H24N4O4S. The minimum atomic E-state index is -3.34. The number of aliphatic hydroxyl groups is 1. The highest BCUT2D eigenvalue weighted by Crippen LogP contribution is 2.29. The first-order valence-corrected chi connectivity index (χ1v) is 12.6. The van der Waals surface area contributed by atoms with Crippen LogP contribution in [0.1, 0.15) is 33.8 Å². The van der Waals surface area contributed by atoms with Crippen molar-refractivity contribution in [2.75, 3.05) is 12.0 Å². The highest BCUT2D eigenvalue weighted by molar-refractivity contribution is 7.90. The Labute approximate surface area is 203 Å². The lowest BCUT2D eigenvalue weighted by Crippen LogP contribution is -2.34. The van der Waals surface area contributed by atoms with Crippen molar-refractivity contribution >= 4 is 21.6 Å². The Balaban J connectivity index is 1.65. The lowest BCUT2D eigenvalue weighted by molar-refractivity contribution is 0.0827. The number of anilines is 1. The van der Waals surface area contributed by atoms with Crippen molar-refractivity contribution in [3.8, 4) is 11.3 Å². The average molecular weight is 489 g/mol. The molecule has 35 heavy (non-hydrogen) atoms. The summed E-state index contributed by atoms with van der Waals surface area (Å²) in [6.07, 6.45) is 1.51. The molecule has 4 rings (SSSR count). The van der Waals surface area contributed by atoms with Crippen molar-refractivity contribution in [1.29, 1.82) is 0 Å². The number of hydrogen-bond acceptors (Lipinski definition) is 7. The van der Waals surface area contributed by atoms with Gasteiger partial charge in [-0.25, -0.2) is 18.4 Å². The van der Waals surface area contributed by atoms with Crippen LogP contribution in [-0.2, 0) is 9.84 Å². The Hall–Kier alpha value is -4.08. The van der Waals surface area contributed by atoms with Crippen LogP contribution in [0.4, 0.5) is 5.82 Å². The van der Waals surface area contributed by atoms with E-state index < -0.39 is 27.9 Å². The van der Waals surface area contributed by atoms with Crippen molar-refractivity contribution in [3.05, 3.63) is 108 Å². The number of aliphatic hydroxyl groups excluding tert-OH is 1. The fourth-order valence-electron chi connectivity index (χ4n) is 3.63. The molecule has 0 aliphatic heterocycles. The molecule has 4 N–H and O–H groups in total. The third-order valence-corrected chi connectivity index (χ3v) is 6.62. The summed E-state index contributed by atoms with van der Waals surface area (Å²) in [5, 5.41) is 13.9. The summed E-state index contributed by atoms with van der Waals surface area (Å²) in [6.45, 7) is 0. The molecule has 3 aromatic carbocycles. The van der Waals surface area contributed by atoms with Crippen molar-refractivity contribution < 1.29 is 18.3 Å². The maximum Gasteiger partial charge on any atom is 0.274 e. The Morgan fingerprint density at radius 2 is 1.49 bits per heavy atom. The Bertz CT molecular complexity index is 1430. The molecule has 0 radical (unpaired) electrons. The van der Waals surface area contributed by atoms with Gasteiger partial charge in [0.1, 0.15) is 6.10 Å². The standard InChI is InChI=1S/C26H24N4O4S/c1-35(33,34)20-14-12-17(13-15-20)21-16-28-25(27)23(29-21)26(32)30-22(18-8-4-2-5-9-18)24(31)19-10-6-3-7-11-19/h2-16,22,24,31H,1H3,(H2,27,28)(H,30,32)/t22-,24+/m0/s1. The molecule has 2 atom stereocenters. The van der Waals surface area contributed by atoms with Gasteiger partial charge in [0, 0.05) is 11.8 Å². The SMILES string of the molecule is CS(=O)(=O)c1ccc(-c2cnc(N)c(C(=O)N[C@@H](c3ccccc3)[C@H](O)c3ccccc3)n2)cc1. The second-order valence-electron chi connectivity index (χ2n) is 8.00. The summed E-state index contributed by atoms with van der Waals surface area (Å²) < 4.78 is 23.5. The van der Waals surface area contributed by atoms with Crippen LogP contribution in [0.5, 0.6) is 0 Å². The fourth-order valence-corrected chi connectivity index (χ4v) is 4.27. The molecular weight excluding hydrogens is 464 g/mol. The van der Waals surface area contributed by atoms with E-state index in [1.165, 1.54) is 18.3 Å². The predicted octanol–water partition coefficient (Wildman–Crippen LogP) is 3.33. The Morgan fingerprint density at radius 1 is 0.914 bits per heavy atom. The fraction of sp³-hybridized carbons (Fsp3) is 0.115. The zero-order valence-electron chi connectivity index (χ0n) is 18.9. The summed E-state index contributed by atoms with van der Waals surface area (Å²) in [6, 6.07) is 23.5. The largest absolute Gasteiger partial charge is 0.386 e. The number of hydrogen-bond donors (Lipinski definition) is 3. The lowest BCUT2D eigenvalue weighted by atomic mass is 9.95. The molecule has 0 bridgehead atoms. The first kappa shape index (κ1) is 24.1. The normalized spacial score (nSPS) is 13.1. The maximum absolute atomic E-state index is 13.3. The van der Waals surface area contributed by atoms with Crippen molar-refractivity contribution in [1.82, 2.24) is 15.3 Å². The third-order valence-electron chi connectivity index (χ3n) is 5.50. The zero-order valence-corrected chi connectivity index (χ0v) is 19.7. The van der Waals surface area contributed by atoms with Gasteiger partial charge in [0.2, 0.25) is 0 Å². The van der Waals surface area contributed by atoms with Gasteiger partial charge >= 0.3 is 0 Å². The molecule has 0 unspecified atom stereocenters. The molecule has 8 nitrogen and oxygen atoms in total. The number of nitrogens with one attached hydrogen (secondary N) is 1. The number of rotatable bonds is 7. The van der Waals surface area contributed by atoms with Gasteiger partial charge in [-0.05, 0) is 23.3 Å². The number of carbonyl (C=O) groups excluding carboxylic acids is 1. The number of sulfone groups is 1. The van der Waals surface area contributed by atoms with E-state index >= 15 is 0 Å². The highest BCUT2D eigenvalue weighted by Gasteiger charge is 2.27. The summed E-state index contributed by atoms with van der Waals surface area (Å²) >= 11 is 0. The molecule has 178 valence electrons. The Kier molecular flexibility index (Phi) is 6.90. The topological polar surface area (TPSA) is 135 Å². The predicted molar refractivity (Wildman–Crippen MR) is 133 cm³/mol. The van der Waals surface area contributed by atoms with Crippen LogP contribution in [0.3, 0.4) is 0 Å². The molecule has 0 aliphatic carbocycles. The van der Waals surface area contributed by atoms with E-state index in [1.54, 1.807) is 24.3 Å². The first-order chi connectivity index (χ1) is 16.7. The van der Waals surface area contributed by atoms with Gasteiger partial charge in [-0.3, -0.25) is 4.79 Å². The van der Waals surface area contributed by atoms with Gasteiger partial charge in [-0.15, -0.1) is 0 Å². The molecule has 0 spiro atoms. The van der Waals surface area contributed by atoms with Crippen LogP contribution in [-0.4, -0.2) is 35.7 Å². The minimum absolute atomic E-state index is 0.0694. The van der Waals surface area contributed by atoms with Gasteiger partial charge < -0.3 is 16.2 Å². The summed E-state index contributed by atoms with van der Waals surface area (Å²) in [5.41, 5.74) is 8.14. The first-order valence-electron chi connectivity index (χ1n) is 10.8. The number of carbonyl (C=O) groups is 1. The highest BCUT2D eigenvalue weighted by atomic mass is 32.2. The summed E-state index contributed by atoms with van der Waals surface area (Å²) in [7, 11) is -3.34. The molecule has 9 heteroatoms. The van der Waals surface area contributed by atoms with E-state index in [9.17, 15) is 18.3 Å². The quantitative estimate of drug-likeness (QED) is 0.363. The second kappa shape index (κ2) is 10.0. The molecule has 1 heterocycles. The van der Waals surface area contributed by atoms with E-state index in [0.29, 0.717) is 22.4 Å². The number of amides is 1. The third kappa shape index (κ3) is 5.53. The maximum atomic E-state index is 13.3. The van der Waals surface area contributed by atoms with Crippen LogP contribution in [0.25, 0.3) is 11.3 Å². The Morgan fingerprint density at radius 3 is 2.06 bits per heavy atom. The van der Waals surface area contributed by atoms with Crippen molar-refractivity contribution in [2.45, 2.75) is 17.0 Å². The number of aromatic nitrogens is 2. The zero-order chi connectivity index (χ0) is 25.0. The molecule has 1 amide bonds. The molecule has 1 aromatic heterocycles. The lowest BCUT2D eigenvalue weighted by Gasteiger charge is -2.25. The van der Waals surface area contributed by atoms with Crippen molar-refractivity contribution in [2.24, 2.45) is 0 Å². The minimum Gasteiger partial charge on any atom is -0.386 e. The van der Waals surface area contributed by atoms with Gasteiger partial charge in [0.25, 0.3) is 5.91 Å². The van der Waals surface area contributed by atoms with Crippen LogP contribution in [0.15, 0.2) is 96.0 Å². The van der Waals surface area contributed by atoms with Crippen LogP contribution >= 0.6 is 0 Å². The number of nitrogen functional groups attached to an aromatic ring is 1. The number of nitrogens with zero attached hydrogens (tertiary/aromatic N) is 2. The summed E-state index contributed by atoms with van der Waals surface area (Å²) in [5.74, 6) is -0.673. The smallest absolute Gasteiger partial charge is 0.274 e. The van der Waals surface area contributed by atoms with Crippen molar-refractivity contribution in [3.63, 3.8) is 0 Å². The van der Waals surface area contributed by atoms with E-state index in [2.05, 4.69) is 15.3 Å². The number of benzene rings is 3. The van der Waals surface area contributed by atoms with Gasteiger partial charge in [0.15, 0.2) is 21.3 Å². The molecule has 0 saturated carbocycles. The summed E-state index contributed by atoms with van der Waals surface area (Å²) in [4.78, 5) is 21.9. The van der Waals surface area contributed by atoms with Crippen LogP contribution in [0, 0.1) is 0 Å². The molecule has 0 aliphatic rings. The second-order valence-corrected chi connectivity index (χ2v) is 10.0. The molecule has 0 saturated heterocycles. The monoisotopic (exact) mass is 488 g/mol. The number of nitrogens with two attached hydrogens (primary N) is 1. The van der Waals surface area contributed by atoms with Crippen LogP contribution in [0.2, 0.25) is 0 Å². The van der Waals surface area contributed by atoms with E-state index in [4.69, 9.17) is 5.73 Å². The van der Waals surface area contributed by atoms with E-state index in [1.807, 2.05) is 48.5 Å². The molecule has 0 fully saturated rings. The van der Waals surface area contributed by atoms with Crippen LogP contribution < -0.4 is 11.1 Å².